The van der Waals surface area contributed by atoms with Gasteiger partial charge in [0.1, 0.15) is 12.7 Å². The molecular weight excluding hydrogens is 354 g/mol. The lowest BCUT2D eigenvalue weighted by Gasteiger charge is -2.31. The molecule has 5 nitrogen and oxygen atoms in total. The van der Waals surface area contributed by atoms with Crippen molar-refractivity contribution >= 4 is 0 Å². The molecule has 1 fully saturated rings. The van der Waals surface area contributed by atoms with E-state index >= 15 is 0 Å². The molecule has 27 heavy (non-hydrogen) atoms. The molecule has 154 valence electrons. The number of alkyl halides is 2. The molecule has 1 N–H and O–H groups in total. The Kier molecular flexibility index (Phi) is 7.82. The van der Waals surface area contributed by atoms with Gasteiger partial charge in [0.05, 0.1) is 7.11 Å². The van der Waals surface area contributed by atoms with Crippen LogP contribution in [-0.4, -0.2) is 73.4 Å². The van der Waals surface area contributed by atoms with E-state index in [1.54, 1.807) is 7.11 Å². The zero-order chi connectivity index (χ0) is 20.0. The summed E-state index contributed by atoms with van der Waals surface area (Å²) in [7, 11) is 3.52. The van der Waals surface area contributed by atoms with Crippen LogP contribution in [0.3, 0.4) is 0 Å². The number of ether oxygens (including phenoxy) is 2. The van der Waals surface area contributed by atoms with E-state index in [0.717, 1.165) is 5.56 Å². The Morgan fingerprint density at radius 1 is 1.22 bits per heavy atom. The van der Waals surface area contributed by atoms with Gasteiger partial charge in [0, 0.05) is 45.1 Å². The van der Waals surface area contributed by atoms with Crippen LogP contribution in [0, 0.1) is 0 Å². The molecule has 1 atom stereocenters. The van der Waals surface area contributed by atoms with Crippen molar-refractivity contribution in [2.75, 3.05) is 40.4 Å². The Balaban J connectivity index is 1.94. The maximum absolute atomic E-state index is 13.3. The largest absolute Gasteiger partial charge is 0.493 e. The molecule has 0 spiro atoms. The van der Waals surface area contributed by atoms with Gasteiger partial charge < -0.3 is 19.5 Å². The number of aliphatic hydroxyl groups excluding tert-OH is 1. The van der Waals surface area contributed by atoms with Crippen molar-refractivity contribution in [1.29, 1.82) is 0 Å². The van der Waals surface area contributed by atoms with Gasteiger partial charge in [-0.3, -0.25) is 4.90 Å². The number of hydrogen-bond acceptors (Lipinski definition) is 5. The zero-order valence-electron chi connectivity index (χ0n) is 16.8. The minimum absolute atomic E-state index is 0.0952. The molecule has 0 bridgehead atoms. The van der Waals surface area contributed by atoms with E-state index in [-0.39, 0.29) is 19.4 Å². The molecule has 7 heteroatoms. The van der Waals surface area contributed by atoms with Gasteiger partial charge in [-0.2, -0.15) is 0 Å². The first-order chi connectivity index (χ1) is 12.7. The van der Waals surface area contributed by atoms with Gasteiger partial charge in [-0.15, -0.1) is 0 Å². The topological polar surface area (TPSA) is 45.2 Å². The number of piperidine rings is 1. The third kappa shape index (κ3) is 6.90. The highest BCUT2D eigenvalue weighted by Gasteiger charge is 2.33. The second-order valence-electron chi connectivity index (χ2n) is 7.62. The van der Waals surface area contributed by atoms with Crippen LogP contribution in [0.2, 0.25) is 0 Å². The number of methoxy groups -OCH3 is 1. The van der Waals surface area contributed by atoms with E-state index in [9.17, 15) is 13.9 Å². The summed E-state index contributed by atoms with van der Waals surface area (Å²) >= 11 is 0. The molecular formula is C20H32F2N2O3. The molecule has 1 aromatic carbocycles. The van der Waals surface area contributed by atoms with Gasteiger partial charge in [-0.1, -0.05) is 6.07 Å². The Bertz CT molecular complexity index is 589. The van der Waals surface area contributed by atoms with Crippen LogP contribution < -0.4 is 9.47 Å². The van der Waals surface area contributed by atoms with Gasteiger partial charge in [0.15, 0.2) is 11.5 Å². The third-order valence-corrected chi connectivity index (χ3v) is 5.03. The second kappa shape index (κ2) is 9.66. The Morgan fingerprint density at radius 3 is 2.48 bits per heavy atom. The van der Waals surface area contributed by atoms with Crippen molar-refractivity contribution in [1.82, 2.24) is 9.80 Å². The Hall–Kier alpha value is -1.44. The van der Waals surface area contributed by atoms with E-state index in [1.807, 2.05) is 35.0 Å². The third-order valence-electron chi connectivity index (χ3n) is 5.03. The number of aliphatic hydroxyl groups is 1. The molecule has 1 aromatic rings. The first kappa shape index (κ1) is 21.9. The number of benzene rings is 1. The summed E-state index contributed by atoms with van der Waals surface area (Å²) in [5.74, 6) is -1.39. The zero-order valence-corrected chi connectivity index (χ0v) is 16.8. The highest BCUT2D eigenvalue weighted by Crippen LogP contribution is 2.31. The van der Waals surface area contributed by atoms with Crippen molar-refractivity contribution in [3.63, 3.8) is 0 Å². The normalized spacial score (nSPS) is 18.7. The maximum atomic E-state index is 13.3. The second-order valence-corrected chi connectivity index (χ2v) is 7.62. The summed E-state index contributed by atoms with van der Waals surface area (Å²) in [5.41, 5.74) is 0.977. The molecule has 0 unspecified atom stereocenters. The first-order valence-electron chi connectivity index (χ1n) is 9.48. The van der Waals surface area contributed by atoms with Crippen molar-refractivity contribution < 1.29 is 23.4 Å². The van der Waals surface area contributed by atoms with Crippen molar-refractivity contribution in [2.24, 2.45) is 0 Å². The lowest BCUT2D eigenvalue weighted by Crippen LogP contribution is -2.38. The molecule has 0 aromatic heterocycles. The molecule has 1 aliphatic heterocycles. The number of likely N-dealkylation sites (N-methyl/N-ethyl adjacent to an activating group) is 1. The fraction of sp³-hybridized carbons (Fsp3) is 0.700. The molecule has 2 rings (SSSR count). The lowest BCUT2D eigenvalue weighted by molar-refractivity contribution is -0.0566. The summed E-state index contributed by atoms with van der Waals surface area (Å²) in [6.07, 6.45) is -0.806. The lowest BCUT2D eigenvalue weighted by atomic mass is 10.1. The van der Waals surface area contributed by atoms with Crippen LogP contribution in [-0.2, 0) is 6.54 Å². The van der Waals surface area contributed by atoms with E-state index in [2.05, 4.69) is 13.8 Å². The van der Waals surface area contributed by atoms with E-state index in [1.165, 1.54) is 0 Å². The predicted molar refractivity (Wildman–Crippen MR) is 102 cm³/mol. The fourth-order valence-corrected chi connectivity index (χ4v) is 3.01. The summed E-state index contributed by atoms with van der Waals surface area (Å²) < 4.78 is 37.7. The van der Waals surface area contributed by atoms with Gasteiger partial charge in [-0.05, 0) is 38.6 Å². The quantitative estimate of drug-likeness (QED) is 0.707. The van der Waals surface area contributed by atoms with Crippen LogP contribution in [0.25, 0.3) is 0 Å². The molecule has 1 heterocycles. The monoisotopic (exact) mass is 386 g/mol. The van der Waals surface area contributed by atoms with E-state index in [0.29, 0.717) is 43.7 Å². The minimum atomic E-state index is -2.54. The molecule has 0 saturated carbocycles. The van der Waals surface area contributed by atoms with Crippen molar-refractivity contribution in [3.8, 4) is 11.5 Å². The first-order valence-corrected chi connectivity index (χ1v) is 9.48. The average molecular weight is 386 g/mol. The minimum Gasteiger partial charge on any atom is -0.493 e. The van der Waals surface area contributed by atoms with Gasteiger partial charge in [-0.25, -0.2) is 8.78 Å². The van der Waals surface area contributed by atoms with Crippen molar-refractivity contribution in [3.05, 3.63) is 23.8 Å². The standard InChI is InChI=1S/C20H32F2N2O3/c1-15(2)23(3)13-17(25)14-27-19-11-16(5-6-18(19)26-4)12-24-9-7-20(21,22)8-10-24/h5-6,11,15,17,25H,7-10,12-14H2,1-4H3/t17-/m0/s1. The smallest absolute Gasteiger partial charge is 0.250 e. The molecule has 0 aliphatic carbocycles. The number of halogens is 2. The number of rotatable bonds is 9. The summed E-state index contributed by atoms with van der Waals surface area (Å²) in [6.45, 7) is 6.17. The fourth-order valence-electron chi connectivity index (χ4n) is 3.01. The SMILES string of the molecule is COc1ccc(CN2CCC(F)(F)CC2)cc1OC[C@@H](O)CN(C)C(C)C. The van der Waals surface area contributed by atoms with Crippen LogP contribution in [0.1, 0.15) is 32.3 Å². The summed E-state index contributed by atoms with van der Waals surface area (Å²) in [6, 6.07) is 5.94. The number of likely N-dealkylation sites (tertiary alicyclic amines) is 1. The van der Waals surface area contributed by atoms with Crippen LogP contribution >= 0.6 is 0 Å². The Morgan fingerprint density at radius 2 is 1.89 bits per heavy atom. The highest BCUT2D eigenvalue weighted by atomic mass is 19.3. The van der Waals surface area contributed by atoms with Crippen LogP contribution in [0.5, 0.6) is 11.5 Å². The average Bonchev–Trinajstić information content (AvgIpc) is 2.61. The molecule has 0 amide bonds. The van der Waals surface area contributed by atoms with Gasteiger partial charge in [0.2, 0.25) is 0 Å². The molecule has 1 saturated heterocycles. The summed E-state index contributed by atoms with van der Waals surface area (Å²) in [4.78, 5) is 4.07. The number of hydrogen-bond donors (Lipinski definition) is 1. The maximum Gasteiger partial charge on any atom is 0.250 e. The predicted octanol–water partition coefficient (Wildman–Crippen LogP) is 3.01. The van der Waals surface area contributed by atoms with Crippen LogP contribution in [0.4, 0.5) is 8.78 Å². The molecule has 0 radical (unpaired) electrons. The van der Waals surface area contributed by atoms with Gasteiger partial charge in [0.25, 0.3) is 5.92 Å². The van der Waals surface area contributed by atoms with Crippen LogP contribution in [0.15, 0.2) is 18.2 Å². The summed E-state index contributed by atoms with van der Waals surface area (Å²) in [5, 5.41) is 10.2. The van der Waals surface area contributed by atoms with E-state index in [4.69, 9.17) is 9.47 Å². The van der Waals surface area contributed by atoms with Crippen molar-refractivity contribution in [2.45, 2.75) is 51.3 Å². The highest BCUT2D eigenvalue weighted by molar-refractivity contribution is 5.43. The van der Waals surface area contributed by atoms with E-state index < -0.39 is 12.0 Å². The van der Waals surface area contributed by atoms with Gasteiger partial charge >= 0.3 is 0 Å². The molecule has 1 aliphatic rings. The number of nitrogens with zero attached hydrogens (tertiary/aromatic N) is 2. The Labute approximate surface area is 160 Å².